The third-order valence-electron chi connectivity index (χ3n) is 9.18. The first-order valence-electron chi connectivity index (χ1n) is 12.6. The molecule has 1 N–H and O–H groups in total. The number of nitrogens with zero attached hydrogens (tertiary/aromatic N) is 2. The number of ether oxygens (including phenoxy) is 1. The fraction of sp³-hybridized carbons (Fsp3) is 0.692. The van der Waals surface area contributed by atoms with Crippen molar-refractivity contribution in [2.75, 3.05) is 26.2 Å². The van der Waals surface area contributed by atoms with Crippen LogP contribution in [0.2, 0.25) is 0 Å². The lowest BCUT2D eigenvalue weighted by molar-refractivity contribution is -0.146. The van der Waals surface area contributed by atoms with Crippen LogP contribution >= 0.6 is 0 Å². The molecule has 0 spiro atoms. The van der Waals surface area contributed by atoms with Crippen molar-refractivity contribution in [3.05, 3.63) is 29.1 Å². The number of carbonyl (C=O) groups is 2. The molecule has 5 aliphatic carbocycles. The summed E-state index contributed by atoms with van der Waals surface area (Å²) in [7, 11) is 0. The SMILES string of the molecule is CCN1CCN(C(=O)c2cc(C3CC3)c(OCC34CC5CC(CC3C5)C4)cc2F)[C@@H]1C(=O)O. The quantitative estimate of drug-likeness (QED) is 0.669. The van der Waals surface area contributed by atoms with E-state index in [9.17, 15) is 14.7 Å². The van der Waals surface area contributed by atoms with Gasteiger partial charge in [0.05, 0.1) is 12.2 Å². The van der Waals surface area contributed by atoms with Crippen LogP contribution < -0.4 is 4.74 Å². The highest BCUT2D eigenvalue weighted by Gasteiger charge is 2.58. The number of carboxylic acids is 1. The highest BCUT2D eigenvalue weighted by molar-refractivity contribution is 5.97. The average Bonchev–Trinajstić information content (AvgIpc) is 3.41. The Bertz CT molecular complexity index is 979. The molecule has 1 aromatic carbocycles. The number of rotatable bonds is 7. The van der Waals surface area contributed by atoms with Crippen molar-refractivity contribution in [2.24, 2.45) is 23.2 Å². The van der Waals surface area contributed by atoms with Gasteiger partial charge in [-0.05, 0) is 86.8 Å². The van der Waals surface area contributed by atoms with Crippen molar-refractivity contribution in [2.45, 2.75) is 64.0 Å². The van der Waals surface area contributed by atoms with Crippen LogP contribution in [-0.4, -0.2) is 59.2 Å². The molecule has 4 bridgehead atoms. The predicted octanol–water partition coefficient (Wildman–Crippen LogP) is 4.10. The van der Waals surface area contributed by atoms with Gasteiger partial charge in [-0.25, -0.2) is 9.18 Å². The third kappa shape index (κ3) is 3.46. The Morgan fingerprint density at radius 1 is 1.15 bits per heavy atom. The largest absolute Gasteiger partial charge is 0.493 e. The zero-order valence-corrected chi connectivity index (χ0v) is 19.3. The lowest BCUT2D eigenvalue weighted by Crippen LogP contribution is -2.47. The molecule has 6 fully saturated rings. The molecular weight excluding hydrogens is 423 g/mol. The molecule has 7 rings (SSSR count). The zero-order valence-electron chi connectivity index (χ0n) is 19.3. The van der Waals surface area contributed by atoms with Gasteiger partial charge >= 0.3 is 5.97 Å². The van der Waals surface area contributed by atoms with Gasteiger partial charge in [-0.15, -0.1) is 0 Å². The molecule has 3 atom stereocenters. The Hall–Kier alpha value is -2.15. The summed E-state index contributed by atoms with van der Waals surface area (Å²) in [5.41, 5.74) is 1.13. The van der Waals surface area contributed by atoms with Gasteiger partial charge in [0.25, 0.3) is 5.91 Å². The highest BCUT2D eigenvalue weighted by atomic mass is 19.1. The molecule has 1 saturated heterocycles. The molecule has 0 aromatic heterocycles. The van der Waals surface area contributed by atoms with E-state index >= 15 is 4.39 Å². The average molecular weight is 457 g/mol. The van der Waals surface area contributed by atoms with Gasteiger partial charge in [-0.1, -0.05) is 6.92 Å². The molecule has 1 amide bonds. The lowest BCUT2D eigenvalue weighted by atomic mass is 9.76. The third-order valence-corrected chi connectivity index (χ3v) is 9.18. The van der Waals surface area contributed by atoms with E-state index in [1.54, 1.807) is 11.0 Å². The summed E-state index contributed by atoms with van der Waals surface area (Å²) in [4.78, 5) is 28.1. The lowest BCUT2D eigenvalue weighted by Gasteiger charge is -2.33. The molecular formula is C26H33FN2O4. The Labute approximate surface area is 194 Å². The minimum atomic E-state index is -1.08. The van der Waals surface area contributed by atoms with E-state index in [0.29, 0.717) is 31.4 Å². The second kappa shape index (κ2) is 7.69. The van der Waals surface area contributed by atoms with Crippen LogP contribution in [0.4, 0.5) is 4.39 Å². The molecule has 1 heterocycles. The summed E-state index contributed by atoms with van der Waals surface area (Å²) >= 11 is 0. The van der Waals surface area contributed by atoms with Crippen molar-refractivity contribution in [3.8, 4) is 5.75 Å². The monoisotopic (exact) mass is 456 g/mol. The van der Waals surface area contributed by atoms with Gasteiger partial charge in [-0.2, -0.15) is 0 Å². The molecule has 2 unspecified atom stereocenters. The Kier molecular flexibility index (Phi) is 4.98. The summed E-state index contributed by atoms with van der Waals surface area (Å²) in [6, 6.07) is 3.04. The van der Waals surface area contributed by atoms with Crippen LogP contribution in [-0.2, 0) is 4.79 Å². The number of hydrogen-bond acceptors (Lipinski definition) is 4. The maximum atomic E-state index is 15.3. The van der Waals surface area contributed by atoms with Gasteiger partial charge in [0, 0.05) is 24.6 Å². The molecule has 1 aliphatic heterocycles. The molecule has 7 heteroatoms. The van der Waals surface area contributed by atoms with Crippen LogP contribution in [0.5, 0.6) is 5.75 Å². The second-order valence-corrected chi connectivity index (χ2v) is 11.2. The smallest absolute Gasteiger partial charge is 0.341 e. The fourth-order valence-electron chi connectivity index (χ4n) is 7.66. The number of aliphatic carboxylic acids is 1. The van der Waals surface area contributed by atoms with E-state index in [0.717, 1.165) is 36.2 Å². The first kappa shape index (κ1) is 21.4. The molecule has 33 heavy (non-hydrogen) atoms. The van der Waals surface area contributed by atoms with Crippen molar-refractivity contribution >= 4 is 11.9 Å². The van der Waals surface area contributed by atoms with Crippen LogP contribution in [0.25, 0.3) is 0 Å². The Morgan fingerprint density at radius 3 is 2.52 bits per heavy atom. The van der Waals surface area contributed by atoms with E-state index in [2.05, 4.69) is 0 Å². The van der Waals surface area contributed by atoms with Gasteiger partial charge in [0.1, 0.15) is 11.6 Å². The first-order chi connectivity index (χ1) is 15.9. The van der Waals surface area contributed by atoms with Gasteiger partial charge in [-0.3, -0.25) is 9.69 Å². The number of carbonyl (C=O) groups excluding carboxylic acids is 1. The van der Waals surface area contributed by atoms with Gasteiger partial charge in [0.15, 0.2) is 6.17 Å². The maximum absolute atomic E-state index is 15.3. The number of carboxylic acid groups (broad SMARTS) is 1. The van der Waals surface area contributed by atoms with E-state index < -0.39 is 23.9 Å². The normalized spacial score (nSPS) is 34.9. The van der Waals surface area contributed by atoms with Crippen LogP contribution in [0.3, 0.4) is 0 Å². The van der Waals surface area contributed by atoms with E-state index in [1.807, 2.05) is 6.92 Å². The molecule has 6 nitrogen and oxygen atoms in total. The van der Waals surface area contributed by atoms with Crippen molar-refractivity contribution in [3.63, 3.8) is 0 Å². The standard InChI is InChI=1S/C26H33FN2O4/c1-2-28-5-6-29(23(28)25(31)32)24(30)20-10-19(17-3-4-17)22(11-21(20)27)33-14-26-12-15-7-16(13-26)9-18(26)8-15/h10-11,15-18,23H,2-9,12-14H2,1H3,(H,31,32)/t15?,16?,18?,23-,26?/m1/s1. The van der Waals surface area contributed by atoms with Crippen molar-refractivity contribution in [1.29, 1.82) is 0 Å². The minimum Gasteiger partial charge on any atom is -0.493 e. The van der Waals surface area contributed by atoms with Crippen LogP contribution in [0.15, 0.2) is 12.1 Å². The first-order valence-corrected chi connectivity index (χ1v) is 12.6. The molecule has 1 aromatic rings. The molecule has 5 saturated carbocycles. The Morgan fingerprint density at radius 2 is 1.88 bits per heavy atom. The molecule has 6 aliphatic rings. The summed E-state index contributed by atoms with van der Waals surface area (Å²) in [6.07, 6.45) is 7.49. The molecule has 0 radical (unpaired) electrons. The summed E-state index contributed by atoms with van der Waals surface area (Å²) in [5, 5.41) is 9.67. The predicted molar refractivity (Wildman–Crippen MR) is 120 cm³/mol. The summed E-state index contributed by atoms with van der Waals surface area (Å²) in [5.74, 6) is 1.07. The number of halogens is 1. The number of amides is 1. The van der Waals surface area contributed by atoms with E-state index in [1.165, 1.54) is 43.1 Å². The maximum Gasteiger partial charge on any atom is 0.341 e. The minimum absolute atomic E-state index is 0.0347. The van der Waals surface area contributed by atoms with Gasteiger partial charge in [0.2, 0.25) is 0 Å². The molecule has 178 valence electrons. The summed E-state index contributed by atoms with van der Waals surface area (Å²) in [6.45, 7) is 3.79. The van der Waals surface area contributed by atoms with Crippen molar-refractivity contribution in [1.82, 2.24) is 9.80 Å². The van der Waals surface area contributed by atoms with Crippen LogP contribution in [0.1, 0.15) is 73.7 Å². The summed E-state index contributed by atoms with van der Waals surface area (Å²) < 4.78 is 21.6. The Balaban J connectivity index is 1.25. The van der Waals surface area contributed by atoms with Gasteiger partial charge < -0.3 is 14.7 Å². The number of benzene rings is 1. The highest BCUT2D eigenvalue weighted by Crippen LogP contribution is 2.65. The van der Waals surface area contributed by atoms with E-state index in [4.69, 9.17) is 4.74 Å². The zero-order chi connectivity index (χ0) is 22.9. The van der Waals surface area contributed by atoms with E-state index in [-0.39, 0.29) is 17.5 Å². The fourth-order valence-corrected chi connectivity index (χ4v) is 7.66. The second-order valence-electron chi connectivity index (χ2n) is 11.2. The number of hydrogen-bond donors (Lipinski definition) is 1. The topological polar surface area (TPSA) is 70.1 Å². The van der Waals surface area contributed by atoms with Crippen molar-refractivity contribution < 1.29 is 23.8 Å². The number of likely N-dealkylation sites (N-methyl/N-ethyl adjacent to an activating group) is 1. The van der Waals surface area contributed by atoms with Crippen LogP contribution in [0, 0.1) is 29.0 Å².